The third kappa shape index (κ3) is 7.50. The van der Waals surface area contributed by atoms with E-state index in [1.807, 2.05) is 36.4 Å². The first-order valence-electron chi connectivity index (χ1n) is 13.5. The molecular weight excluding hydrogens is 520 g/mol. The van der Waals surface area contributed by atoms with Crippen molar-refractivity contribution in [3.8, 4) is 0 Å². The maximum atomic E-state index is 3.48. The van der Waals surface area contributed by atoms with E-state index in [0.29, 0.717) is 0 Å². The minimum Gasteiger partial charge on any atom is -0.356 e. The summed E-state index contributed by atoms with van der Waals surface area (Å²) < 4.78 is 0. The second-order valence-corrected chi connectivity index (χ2v) is 10.7. The van der Waals surface area contributed by atoms with Gasteiger partial charge in [0.05, 0.1) is 0 Å². The molecule has 0 heterocycles. The Kier molecular flexibility index (Phi) is 8.16. The van der Waals surface area contributed by atoms with Gasteiger partial charge in [-0.25, -0.2) is 0 Å². The molecule has 6 rings (SSSR count). The number of para-hydroxylation sites is 2. The van der Waals surface area contributed by atoms with Crippen LogP contribution in [0.2, 0.25) is 0 Å². The predicted molar refractivity (Wildman–Crippen MR) is 176 cm³/mol. The molecule has 4 nitrogen and oxygen atoms in total. The fourth-order valence-corrected chi connectivity index (χ4v) is 5.15. The molecule has 0 fully saturated rings. The lowest BCUT2D eigenvalue weighted by atomic mass is 10.2. The zero-order valence-corrected chi connectivity index (χ0v) is 23.2. The van der Waals surface area contributed by atoms with Gasteiger partial charge in [0.1, 0.15) is 0 Å². The smallest absolute Gasteiger partial charge is 0.0385 e. The molecule has 6 aromatic rings. The number of hydrogen-bond donors (Lipinski definition) is 4. The molecule has 5 heteroatoms. The van der Waals surface area contributed by atoms with Crippen molar-refractivity contribution in [2.45, 2.75) is 9.79 Å². The number of anilines is 8. The largest absolute Gasteiger partial charge is 0.356 e. The van der Waals surface area contributed by atoms with Crippen LogP contribution in [0.15, 0.2) is 168 Å². The molecule has 6 aromatic carbocycles. The lowest BCUT2D eigenvalue weighted by molar-refractivity contribution is 1.39. The zero-order chi connectivity index (χ0) is 27.7. The van der Waals surface area contributed by atoms with Gasteiger partial charge in [-0.15, -0.1) is 0 Å². The lowest BCUT2D eigenvalue weighted by Gasteiger charge is -2.11. The number of benzene rings is 6. The van der Waals surface area contributed by atoms with Crippen LogP contribution in [0.1, 0.15) is 0 Å². The van der Waals surface area contributed by atoms with Crippen LogP contribution >= 0.6 is 11.8 Å². The first-order chi connectivity index (χ1) is 20.2. The Morgan fingerprint density at radius 3 is 0.732 bits per heavy atom. The first-order valence-corrected chi connectivity index (χ1v) is 14.3. The standard InChI is InChI=1S/C36H30N4S/c1-3-7-27(8-4-1)37-29-11-15-31(16-12-29)39-33-19-23-35(24-20-33)41-36-25-21-34(22-26-36)40-32-17-13-30(14-18-32)38-28-9-5-2-6-10-28/h1-26,37-40H. The van der Waals surface area contributed by atoms with Crippen LogP contribution in [-0.2, 0) is 0 Å². The first kappa shape index (κ1) is 26.1. The van der Waals surface area contributed by atoms with Gasteiger partial charge in [-0.05, 0) is 121 Å². The van der Waals surface area contributed by atoms with Crippen molar-refractivity contribution >= 4 is 57.3 Å². The van der Waals surface area contributed by atoms with E-state index in [0.717, 1.165) is 45.5 Å². The molecule has 0 radical (unpaired) electrons. The monoisotopic (exact) mass is 550 g/mol. The van der Waals surface area contributed by atoms with Crippen LogP contribution in [0.3, 0.4) is 0 Å². The molecule has 0 amide bonds. The van der Waals surface area contributed by atoms with Gasteiger partial charge >= 0.3 is 0 Å². The highest BCUT2D eigenvalue weighted by atomic mass is 32.2. The van der Waals surface area contributed by atoms with Crippen LogP contribution < -0.4 is 21.3 Å². The SMILES string of the molecule is c1ccc(Nc2ccc(Nc3ccc(Sc4ccc(Nc5ccc(Nc6ccccc6)cc5)cc4)cc3)cc2)cc1. The van der Waals surface area contributed by atoms with Crippen molar-refractivity contribution in [2.75, 3.05) is 21.3 Å². The van der Waals surface area contributed by atoms with E-state index in [-0.39, 0.29) is 0 Å². The van der Waals surface area contributed by atoms with Gasteiger partial charge in [0.15, 0.2) is 0 Å². The quantitative estimate of drug-likeness (QED) is 0.137. The minimum atomic E-state index is 1.05. The highest BCUT2D eigenvalue weighted by Crippen LogP contribution is 2.31. The fourth-order valence-electron chi connectivity index (χ4n) is 4.33. The Hall–Kier alpha value is -5.13. The predicted octanol–water partition coefficient (Wildman–Crippen LogP) is 10.8. The fraction of sp³-hybridized carbons (Fsp3) is 0. The molecule has 0 aliphatic heterocycles. The van der Waals surface area contributed by atoms with Crippen LogP contribution in [0.5, 0.6) is 0 Å². The Morgan fingerprint density at radius 1 is 0.244 bits per heavy atom. The second-order valence-electron chi connectivity index (χ2n) is 9.54. The molecule has 0 aliphatic rings. The zero-order valence-electron chi connectivity index (χ0n) is 22.4. The van der Waals surface area contributed by atoms with E-state index < -0.39 is 0 Å². The maximum absolute atomic E-state index is 3.48. The molecule has 200 valence electrons. The number of nitrogens with one attached hydrogen (secondary N) is 4. The van der Waals surface area contributed by atoms with E-state index >= 15 is 0 Å². The molecule has 0 atom stereocenters. The molecular formula is C36H30N4S. The average molecular weight is 551 g/mol. The van der Waals surface area contributed by atoms with E-state index in [9.17, 15) is 0 Å². The van der Waals surface area contributed by atoms with Gasteiger partial charge in [0, 0.05) is 55.3 Å². The van der Waals surface area contributed by atoms with Gasteiger partial charge in [-0.1, -0.05) is 48.2 Å². The van der Waals surface area contributed by atoms with E-state index in [2.05, 4.69) is 143 Å². The van der Waals surface area contributed by atoms with Crippen molar-refractivity contribution in [2.24, 2.45) is 0 Å². The van der Waals surface area contributed by atoms with Gasteiger partial charge in [0.25, 0.3) is 0 Å². The van der Waals surface area contributed by atoms with Crippen LogP contribution in [0.25, 0.3) is 0 Å². The summed E-state index contributed by atoms with van der Waals surface area (Å²) in [6.45, 7) is 0. The molecule has 0 unspecified atom stereocenters. The summed E-state index contributed by atoms with van der Waals surface area (Å²) in [4.78, 5) is 2.39. The van der Waals surface area contributed by atoms with E-state index in [1.165, 1.54) is 9.79 Å². The molecule has 0 bridgehead atoms. The van der Waals surface area contributed by atoms with E-state index in [1.54, 1.807) is 11.8 Å². The molecule has 0 saturated heterocycles. The summed E-state index contributed by atoms with van der Waals surface area (Å²) in [5, 5.41) is 13.8. The minimum absolute atomic E-state index is 1.05. The van der Waals surface area contributed by atoms with E-state index in [4.69, 9.17) is 0 Å². The molecule has 4 N–H and O–H groups in total. The second kappa shape index (κ2) is 12.8. The third-order valence-corrected chi connectivity index (χ3v) is 7.43. The topological polar surface area (TPSA) is 48.1 Å². The highest BCUT2D eigenvalue weighted by molar-refractivity contribution is 7.99. The average Bonchev–Trinajstić information content (AvgIpc) is 3.02. The van der Waals surface area contributed by atoms with Crippen LogP contribution in [-0.4, -0.2) is 0 Å². The summed E-state index contributed by atoms with van der Waals surface area (Å²) in [6.07, 6.45) is 0. The van der Waals surface area contributed by atoms with Crippen molar-refractivity contribution in [3.05, 3.63) is 158 Å². The summed E-state index contributed by atoms with van der Waals surface area (Å²) in [5.74, 6) is 0. The van der Waals surface area contributed by atoms with Crippen molar-refractivity contribution in [1.29, 1.82) is 0 Å². The molecule has 0 spiro atoms. The Balaban J connectivity index is 0.995. The van der Waals surface area contributed by atoms with Gasteiger partial charge < -0.3 is 21.3 Å². The van der Waals surface area contributed by atoms with Gasteiger partial charge in [-0.3, -0.25) is 0 Å². The lowest BCUT2D eigenvalue weighted by Crippen LogP contribution is -1.92. The molecule has 0 saturated carbocycles. The van der Waals surface area contributed by atoms with Crippen molar-refractivity contribution < 1.29 is 0 Å². The maximum Gasteiger partial charge on any atom is 0.0385 e. The summed E-state index contributed by atoms with van der Waals surface area (Å²) >= 11 is 1.75. The van der Waals surface area contributed by atoms with Gasteiger partial charge in [0.2, 0.25) is 0 Å². The third-order valence-electron chi connectivity index (χ3n) is 6.42. The van der Waals surface area contributed by atoms with Crippen molar-refractivity contribution in [3.63, 3.8) is 0 Å². The molecule has 41 heavy (non-hydrogen) atoms. The number of hydrogen-bond acceptors (Lipinski definition) is 5. The summed E-state index contributed by atoms with van der Waals surface area (Å²) in [7, 11) is 0. The Morgan fingerprint density at radius 2 is 0.463 bits per heavy atom. The van der Waals surface area contributed by atoms with Crippen LogP contribution in [0.4, 0.5) is 45.5 Å². The van der Waals surface area contributed by atoms with Gasteiger partial charge in [-0.2, -0.15) is 0 Å². The summed E-state index contributed by atoms with van der Waals surface area (Å²) in [6, 6.07) is 54.1. The Labute approximate surface area is 245 Å². The normalized spacial score (nSPS) is 10.5. The van der Waals surface area contributed by atoms with Crippen molar-refractivity contribution in [1.82, 2.24) is 0 Å². The summed E-state index contributed by atoms with van der Waals surface area (Å²) in [5.41, 5.74) is 8.49. The Bertz CT molecular complexity index is 1520. The molecule has 0 aromatic heterocycles. The molecule has 0 aliphatic carbocycles. The van der Waals surface area contributed by atoms with Crippen LogP contribution in [0, 0.1) is 0 Å². The number of rotatable bonds is 10. The highest BCUT2D eigenvalue weighted by Gasteiger charge is 2.02.